The number of nitrogens with zero attached hydrogens (tertiary/aromatic N) is 1. The Morgan fingerprint density at radius 3 is 1.48 bits per heavy atom. The summed E-state index contributed by atoms with van der Waals surface area (Å²) in [5.41, 5.74) is 4.54. The van der Waals surface area contributed by atoms with Gasteiger partial charge in [0.25, 0.3) is 5.95 Å². The molecule has 21 heavy (non-hydrogen) atoms. The van der Waals surface area contributed by atoms with Gasteiger partial charge in [-0.25, -0.2) is 26.3 Å². The van der Waals surface area contributed by atoms with Crippen molar-refractivity contribution in [3.63, 3.8) is 0 Å². The van der Waals surface area contributed by atoms with Crippen LogP contribution in [0.3, 0.4) is 0 Å². The van der Waals surface area contributed by atoms with Crippen LogP contribution in [0.1, 0.15) is 0 Å². The fourth-order valence-electron chi connectivity index (χ4n) is 1.62. The summed E-state index contributed by atoms with van der Waals surface area (Å²) >= 11 is 0. The molecule has 0 radical (unpaired) electrons. The first kappa shape index (κ1) is 14.9. The molecule has 0 atom stereocenters. The Kier molecular flexibility index (Phi) is 3.39. The van der Waals surface area contributed by atoms with Gasteiger partial charge in [-0.15, -0.1) is 0 Å². The van der Waals surface area contributed by atoms with Gasteiger partial charge in [0.1, 0.15) is 5.69 Å². The highest BCUT2D eigenvalue weighted by atomic mass is 19.2. The largest absolute Gasteiger partial charge is 0.394 e. The Morgan fingerprint density at radius 2 is 1.00 bits per heavy atom. The predicted octanol–water partition coefficient (Wildman–Crippen LogP) is 2.89. The second-order valence-electron chi connectivity index (χ2n) is 3.84. The van der Waals surface area contributed by atoms with Crippen molar-refractivity contribution in [2.75, 3.05) is 11.5 Å². The van der Waals surface area contributed by atoms with Crippen molar-refractivity contribution in [1.29, 1.82) is 0 Å². The summed E-state index contributed by atoms with van der Waals surface area (Å²) in [5.74, 6) is -15.9. The number of halogens is 7. The first-order valence-electron chi connectivity index (χ1n) is 5.10. The minimum absolute atomic E-state index is 1.25. The van der Waals surface area contributed by atoms with Gasteiger partial charge >= 0.3 is 0 Å². The van der Waals surface area contributed by atoms with Gasteiger partial charge in [-0.05, 0) is 0 Å². The summed E-state index contributed by atoms with van der Waals surface area (Å²) in [7, 11) is 0. The zero-order valence-electron chi connectivity index (χ0n) is 9.75. The van der Waals surface area contributed by atoms with E-state index in [1.165, 1.54) is 0 Å². The molecule has 0 amide bonds. The van der Waals surface area contributed by atoms with Crippen LogP contribution in [0, 0.1) is 40.9 Å². The lowest BCUT2D eigenvalue weighted by Gasteiger charge is -2.12. The average Bonchev–Trinajstić information content (AvgIpc) is 2.44. The zero-order chi connectivity index (χ0) is 16.1. The van der Waals surface area contributed by atoms with E-state index in [4.69, 9.17) is 11.5 Å². The van der Waals surface area contributed by atoms with Crippen molar-refractivity contribution >= 4 is 11.5 Å². The zero-order valence-corrected chi connectivity index (χ0v) is 9.75. The molecular weight excluding hydrogens is 307 g/mol. The molecule has 1 heterocycles. The molecule has 0 saturated carbocycles. The number of pyridine rings is 1. The number of hydrogen-bond acceptors (Lipinski definition) is 3. The van der Waals surface area contributed by atoms with Crippen LogP contribution in [-0.4, -0.2) is 4.98 Å². The van der Waals surface area contributed by atoms with Crippen LogP contribution < -0.4 is 11.5 Å². The third kappa shape index (κ3) is 2.03. The highest BCUT2D eigenvalue weighted by Gasteiger charge is 2.31. The van der Waals surface area contributed by atoms with E-state index in [-0.39, 0.29) is 0 Å². The molecule has 0 saturated heterocycles. The Hall–Kier alpha value is -2.52. The van der Waals surface area contributed by atoms with E-state index < -0.39 is 63.5 Å². The number of nitrogens with two attached hydrogens (primary N) is 2. The molecule has 3 nitrogen and oxygen atoms in total. The summed E-state index contributed by atoms with van der Waals surface area (Å²) in [5, 5.41) is 0. The van der Waals surface area contributed by atoms with Crippen molar-refractivity contribution in [2.45, 2.75) is 0 Å². The smallest absolute Gasteiger partial charge is 0.251 e. The summed E-state index contributed by atoms with van der Waals surface area (Å²) in [6, 6.07) is 0. The molecule has 0 unspecified atom stereocenters. The van der Waals surface area contributed by atoms with E-state index in [0.717, 1.165) is 0 Å². The first-order chi connectivity index (χ1) is 9.68. The van der Waals surface area contributed by atoms with E-state index >= 15 is 0 Å². The number of benzene rings is 1. The van der Waals surface area contributed by atoms with E-state index in [1.807, 2.05) is 0 Å². The molecule has 0 spiro atoms. The highest BCUT2D eigenvalue weighted by Crippen LogP contribution is 2.37. The quantitative estimate of drug-likeness (QED) is 0.368. The Labute approximate surface area is 112 Å². The molecule has 0 bridgehead atoms. The van der Waals surface area contributed by atoms with Crippen LogP contribution >= 0.6 is 0 Å². The van der Waals surface area contributed by atoms with Gasteiger partial charge in [-0.1, -0.05) is 0 Å². The van der Waals surface area contributed by atoms with Gasteiger partial charge in [0.2, 0.25) is 0 Å². The topological polar surface area (TPSA) is 64.9 Å². The molecule has 1 aromatic carbocycles. The van der Waals surface area contributed by atoms with E-state index in [9.17, 15) is 30.7 Å². The van der Waals surface area contributed by atoms with Crippen molar-refractivity contribution in [3.8, 4) is 11.1 Å². The SMILES string of the molecule is Nc1nc(F)c(F)c(-c2c(F)c(F)c(N)c(F)c2F)c1F. The van der Waals surface area contributed by atoms with Gasteiger partial charge in [-0.3, -0.25) is 0 Å². The average molecular weight is 311 g/mol. The summed E-state index contributed by atoms with van der Waals surface area (Å²) < 4.78 is 94.1. The summed E-state index contributed by atoms with van der Waals surface area (Å²) in [6.07, 6.45) is 0. The molecule has 4 N–H and O–H groups in total. The van der Waals surface area contributed by atoms with Gasteiger partial charge in [0.05, 0.1) is 11.1 Å². The number of nitrogen functional groups attached to an aromatic ring is 2. The van der Waals surface area contributed by atoms with Gasteiger partial charge < -0.3 is 11.5 Å². The maximum atomic E-state index is 13.6. The molecular formula is C11H4F7N3. The monoisotopic (exact) mass is 311 g/mol. The maximum Gasteiger partial charge on any atom is 0.251 e. The molecule has 2 rings (SSSR count). The van der Waals surface area contributed by atoms with E-state index in [2.05, 4.69) is 4.98 Å². The van der Waals surface area contributed by atoms with E-state index in [0.29, 0.717) is 0 Å². The summed E-state index contributed by atoms with van der Waals surface area (Å²) in [4.78, 5) is 2.58. The Morgan fingerprint density at radius 1 is 0.571 bits per heavy atom. The normalized spacial score (nSPS) is 11.0. The lowest BCUT2D eigenvalue weighted by atomic mass is 10.0. The Bertz CT molecular complexity index is 705. The van der Waals surface area contributed by atoms with Crippen molar-refractivity contribution in [1.82, 2.24) is 4.98 Å². The lowest BCUT2D eigenvalue weighted by molar-refractivity contribution is 0.451. The van der Waals surface area contributed by atoms with Gasteiger partial charge in [-0.2, -0.15) is 9.37 Å². The highest BCUT2D eigenvalue weighted by molar-refractivity contribution is 5.71. The van der Waals surface area contributed by atoms with E-state index in [1.54, 1.807) is 0 Å². The molecule has 10 heteroatoms. The number of rotatable bonds is 1. The fraction of sp³-hybridized carbons (Fsp3) is 0. The lowest BCUT2D eigenvalue weighted by Crippen LogP contribution is -2.10. The minimum Gasteiger partial charge on any atom is -0.394 e. The summed E-state index contributed by atoms with van der Waals surface area (Å²) in [6.45, 7) is 0. The predicted molar refractivity (Wildman–Crippen MR) is 58.2 cm³/mol. The van der Waals surface area contributed by atoms with Crippen LogP contribution in [0.15, 0.2) is 0 Å². The molecule has 1 aromatic heterocycles. The fourth-order valence-corrected chi connectivity index (χ4v) is 1.62. The van der Waals surface area contributed by atoms with Crippen LogP contribution in [0.2, 0.25) is 0 Å². The van der Waals surface area contributed by atoms with Crippen LogP contribution in [-0.2, 0) is 0 Å². The molecule has 112 valence electrons. The van der Waals surface area contributed by atoms with Gasteiger partial charge in [0, 0.05) is 0 Å². The molecule has 0 aliphatic heterocycles. The Balaban J connectivity index is 3.00. The van der Waals surface area contributed by atoms with Crippen LogP contribution in [0.5, 0.6) is 0 Å². The van der Waals surface area contributed by atoms with Crippen molar-refractivity contribution in [3.05, 3.63) is 40.9 Å². The number of aromatic nitrogens is 1. The molecule has 0 aliphatic carbocycles. The number of hydrogen-bond donors (Lipinski definition) is 2. The second kappa shape index (κ2) is 4.79. The van der Waals surface area contributed by atoms with Crippen molar-refractivity contribution in [2.24, 2.45) is 0 Å². The first-order valence-corrected chi connectivity index (χ1v) is 5.10. The third-order valence-electron chi connectivity index (χ3n) is 2.61. The molecule has 0 fully saturated rings. The molecule has 2 aromatic rings. The maximum absolute atomic E-state index is 13.6. The third-order valence-corrected chi connectivity index (χ3v) is 2.61. The molecule has 0 aliphatic rings. The number of anilines is 2. The van der Waals surface area contributed by atoms with Crippen LogP contribution in [0.25, 0.3) is 11.1 Å². The van der Waals surface area contributed by atoms with Gasteiger partial charge in [0.15, 0.2) is 40.7 Å². The second-order valence-corrected chi connectivity index (χ2v) is 3.84. The van der Waals surface area contributed by atoms with Crippen molar-refractivity contribution < 1.29 is 30.7 Å². The standard InChI is InChI=1S/C11H4F7N3/c12-3-1(4(13)8(17)9(19)7(3)16)2-5(14)10(18)21-11(20)6(2)15/h19H2,(H2,20,21). The minimum atomic E-state index is -2.20. The van der Waals surface area contributed by atoms with Crippen LogP contribution in [0.4, 0.5) is 42.2 Å².